The Kier molecular flexibility index (Phi) is 3.62. The molecule has 1 aliphatic carbocycles. The number of nitrogens with one attached hydrogen (secondary N) is 1. The third-order valence-corrected chi connectivity index (χ3v) is 3.86. The van der Waals surface area contributed by atoms with Crippen LogP contribution in [0.1, 0.15) is 24.4 Å². The standard InChI is InChI=1S/C16H14ClF2N/c17-13-8-12(18)9-14(19)16(13)20-15(11-6-7-11)10-4-2-1-3-5-10/h1-5,8-9,11,15,20H,6-7H2. The summed E-state index contributed by atoms with van der Waals surface area (Å²) in [4.78, 5) is 0. The fraction of sp³-hybridized carbons (Fsp3) is 0.250. The van der Waals surface area contributed by atoms with E-state index in [0.29, 0.717) is 5.92 Å². The molecule has 0 aliphatic heterocycles. The van der Waals surface area contributed by atoms with Crippen molar-refractivity contribution in [1.29, 1.82) is 0 Å². The van der Waals surface area contributed by atoms with E-state index in [2.05, 4.69) is 5.32 Å². The molecule has 3 rings (SSSR count). The Labute approximate surface area is 121 Å². The Balaban J connectivity index is 1.92. The van der Waals surface area contributed by atoms with Gasteiger partial charge in [0.25, 0.3) is 0 Å². The van der Waals surface area contributed by atoms with Gasteiger partial charge in [0.2, 0.25) is 0 Å². The van der Waals surface area contributed by atoms with Gasteiger partial charge in [-0.05, 0) is 30.4 Å². The van der Waals surface area contributed by atoms with Gasteiger partial charge in [0, 0.05) is 6.07 Å². The molecule has 20 heavy (non-hydrogen) atoms. The van der Waals surface area contributed by atoms with Crippen LogP contribution in [0.3, 0.4) is 0 Å². The Morgan fingerprint density at radius 1 is 1.10 bits per heavy atom. The highest BCUT2D eigenvalue weighted by atomic mass is 35.5. The van der Waals surface area contributed by atoms with Gasteiger partial charge in [-0.3, -0.25) is 0 Å². The van der Waals surface area contributed by atoms with E-state index in [9.17, 15) is 8.78 Å². The second-order valence-electron chi connectivity index (χ2n) is 5.11. The van der Waals surface area contributed by atoms with Gasteiger partial charge in [0.1, 0.15) is 5.82 Å². The molecule has 0 aromatic heterocycles. The van der Waals surface area contributed by atoms with Crippen LogP contribution in [-0.4, -0.2) is 0 Å². The smallest absolute Gasteiger partial charge is 0.150 e. The van der Waals surface area contributed by atoms with E-state index < -0.39 is 11.6 Å². The summed E-state index contributed by atoms with van der Waals surface area (Å²) in [6, 6.07) is 11.8. The molecular formula is C16H14ClF2N. The molecule has 1 unspecified atom stereocenters. The van der Waals surface area contributed by atoms with Crippen molar-refractivity contribution in [2.45, 2.75) is 18.9 Å². The van der Waals surface area contributed by atoms with Gasteiger partial charge >= 0.3 is 0 Å². The molecule has 1 aliphatic rings. The van der Waals surface area contributed by atoms with Crippen molar-refractivity contribution in [3.63, 3.8) is 0 Å². The SMILES string of the molecule is Fc1cc(F)c(NC(c2ccccc2)C2CC2)c(Cl)c1. The predicted octanol–water partition coefficient (Wildman–Crippen LogP) is 5.18. The van der Waals surface area contributed by atoms with Crippen LogP contribution in [0, 0.1) is 17.6 Å². The first-order valence-corrected chi connectivity index (χ1v) is 6.99. The lowest BCUT2D eigenvalue weighted by atomic mass is 10.0. The van der Waals surface area contributed by atoms with Crippen molar-refractivity contribution in [3.05, 3.63) is 64.7 Å². The van der Waals surface area contributed by atoms with Crippen molar-refractivity contribution < 1.29 is 8.78 Å². The first-order valence-electron chi connectivity index (χ1n) is 6.61. The van der Waals surface area contributed by atoms with Gasteiger partial charge < -0.3 is 5.32 Å². The minimum absolute atomic E-state index is 0.00802. The summed E-state index contributed by atoms with van der Waals surface area (Å²) in [6.45, 7) is 0. The molecule has 2 aromatic carbocycles. The largest absolute Gasteiger partial charge is 0.374 e. The average Bonchev–Trinajstić information content (AvgIpc) is 3.23. The number of hydrogen-bond donors (Lipinski definition) is 1. The van der Waals surface area contributed by atoms with Gasteiger partial charge in [-0.15, -0.1) is 0 Å². The second kappa shape index (κ2) is 5.41. The van der Waals surface area contributed by atoms with E-state index in [1.165, 1.54) is 0 Å². The number of halogens is 3. The number of benzene rings is 2. The number of rotatable bonds is 4. The number of anilines is 1. The van der Waals surface area contributed by atoms with Crippen molar-refractivity contribution in [2.24, 2.45) is 5.92 Å². The third kappa shape index (κ3) is 2.78. The first kappa shape index (κ1) is 13.4. The Hall–Kier alpha value is -1.61. The fourth-order valence-corrected chi connectivity index (χ4v) is 2.65. The fourth-order valence-electron chi connectivity index (χ4n) is 2.40. The summed E-state index contributed by atoms with van der Waals surface area (Å²) in [7, 11) is 0. The minimum Gasteiger partial charge on any atom is -0.374 e. The molecule has 1 N–H and O–H groups in total. The molecule has 4 heteroatoms. The van der Waals surface area contributed by atoms with Crippen LogP contribution in [0.2, 0.25) is 5.02 Å². The molecule has 1 nitrogen and oxygen atoms in total. The zero-order valence-corrected chi connectivity index (χ0v) is 11.5. The molecule has 104 valence electrons. The summed E-state index contributed by atoms with van der Waals surface area (Å²) < 4.78 is 27.0. The van der Waals surface area contributed by atoms with Gasteiger partial charge in [0.05, 0.1) is 16.8 Å². The van der Waals surface area contributed by atoms with Gasteiger partial charge in [-0.25, -0.2) is 8.78 Å². The van der Waals surface area contributed by atoms with Crippen LogP contribution in [0.4, 0.5) is 14.5 Å². The molecule has 0 bridgehead atoms. The third-order valence-electron chi connectivity index (χ3n) is 3.56. The van der Waals surface area contributed by atoms with Gasteiger partial charge in [0.15, 0.2) is 5.82 Å². The predicted molar refractivity (Wildman–Crippen MR) is 76.9 cm³/mol. The van der Waals surface area contributed by atoms with E-state index in [1.54, 1.807) is 0 Å². The molecule has 1 atom stereocenters. The summed E-state index contributed by atoms with van der Waals surface area (Å²) in [6.07, 6.45) is 2.21. The van der Waals surface area contributed by atoms with Crippen LogP contribution in [-0.2, 0) is 0 Å². The molecule has 1 saturated carbocycles. The maximum atomic E-state index is 13.9. The van der Waals surface area contributed by atoms with Crippen molar-refractivity contribution in [3.8, 4) is 0 Å². The molecular weight excluding hydrogens is 280 g/mol. The Morgan fingerprint density at radius 2 is 1.80 bits per heavy atom. The summed E-state index contributed by atoms with van der Waals surface area (Å²) >= 11 is 5.95. The van der Waals surface area contributed by atoms with E-state index in [4.69, 9.17) is 11.6 Å². The van der Waals surface area contributed by atoms with E-state index in [1.807, 2.05) is 30.3 Å². The normalized spacial score (nSPS) is 15.9. The molecule has 0 heterocycles. The lowest BCUT2D eigenvalue weighted by Crippen LogP contribution is -2.14. The summed E-state index contributed by atoms with van der Waals surface area (Å²) in [5.41, 5.74) is 1.27. The molecule has 0 spiro atoms. The van der Waals surface area contributed by atoms with Crippen LogP contribution >= 0.6 is 11.6 Å². The average molecular weight is 294 g/mol. The van der Waals surface area contributed by atoms with Gasteiger partial charge in [-0.1, -0.05) is 41.9 Å². The first-order chi connectivity index (χ1) is 9.65. The van der Waals surface area contributed by atoms with Crippen LogP contribution < -0.4 is 5.32 Å². The molecule has 0 saturated heterocycles. The minimum atomic E-state index is -0.666. The zero-order valence-electron chi connectivity index (χ0n) is 10.7. The highest BCUT2D eigenvalue weighted by Crippen LogP contribution is 2.44. The zero-order chi connectivity index (χ0) is 14.1. The van der Waals surface area contributed by atoms with Crippen molar-refractivity contribution >= 4 is 17.3 Å². The Bertz CT molecular complexity index is 588. The summed E-state index contributed by atoms with van der Waals surface area (Å²) in [5.74, 6) is -0.852. The maximum absolute atomic E-state index is 13.9. The van der Waals surface area contributed by atoms with E-state index in [-0.39, 0.29) is 16.8 Å². The van der Waals surface area contributed by atoms with Crippen LogP contribution in [0.15, 0.2) is 42.5 Å². The van der Waals surface area contributed by atoms with E-state index >= 15 is 0 Å². The Morgan fingerprint density at radius 3 is 2.40 bits per heavy atom. The molecule has 2 aromatic rings. The van der Waals surface area contributed by atoms with Crippen molar-refractivity contribution in [1.82, 2.24) is 0 Å². The summed E-state index contributed by atoms with van der Waals surface area (Å²) in [5, 5.41) is 3.22. The van der Waals surface area contributed by atoms with Crippen LogP contribution in [0.5, 0.6) is 0 Å². The lowest BCUT2D eigenvalue weighted by Gasteiger charge is -2.21. The van der Waals surface area contributed by atoms with E-state index in [0.717, 1.165) is 30.5 Å². The second-order valence-corrected chi connectivity index (χ2v) is 5.52. The monoisotopic (exact) mass is 293 g/mol. The lowest BCUT2D eigenvalue weighted by molar-refractivity contribution is 0.580. The highest BCUT2D eigenvalue weighted by molar-refractivity contribution is 6.33. The quantitative estimate of drug-likeness (QED) is 0.819. The topological polar surface area (TPSA) is 12.0 Å². The molecule has 1 fully saturated rings. The van der Waals surface area contributed by atoms with Crippen LogP contribution in [0.25, 0.3) is 0 Å². The molecule has 0 amide bonds. The molecule has 0 radical (unpaired) electrons. The number of hydrogen-bond acceptors (Lipinski definition) is 1. The van der Waals surface area contributed by atoms with Crippen molar-refractivity contribution in [2.75, 3.05) is 5.32 Å². The maximum Gasteiger partial charge on any atom is 0.150 e. The van der Waals surface area contributed by atoms with Gasteiger partial charge in [-0.2, -0.15) is 0 Å². The highest BCUT2D eigenvalue weighted by Gasteiger charge is 2.33.